The molecule has 1 heterocycles. The van der Waals surface area contributed by atoms with Crippen molar-refractivity contribution >= 4 is 23.3 Å². The van der Waals surface area contributed by atoms with Crippen LogP contribution in [0.25, 0.3) is 0 Å². The van der Waals surface area contributed by atoms with Gasteiger partial charge in [0.15, 0.2) is 0 Å². The smallest absolute Gasteiger partial charge is 0.406 e. The summed E-state index contributed by atoms with van der Waals surface area (Å²) >= 11 is 5.62. The Balaban J connectivity index is 3.60. The van der Waals surface area contributed by atoms with Crippen molar-refractivity contribution in [1.29, 1.82) is 0 Å². The molecule has 0 radical (unpaired) electrons. The van der Waals surface area contributed by atoms with E-state index in [0.29, 0.717) is 0 Å². The van der Waals surface area contributed by atoms with Crippen molar-refractivity contribution in [1.82, 2.24) is 0 Å². The number of pyridine rings is 1. The lowest BCUT2D eigenvalue weighted by atomic mass is 10.3. The molecule has 0 atom stereocenters. The number of aromatic nitrogens is 1. The summed E-state index contributed by atoms with van der Waals surface area (Å²) in [6.07, 6.45) is 0.732. The molecule has 9 heteroatoms. The highest BCUT2D eigenvalue weighted by atomic mass is 35.5. The zero-order chi connectivity index (χ0) is 13.2. The minimum atomic E-state index is -1.07. The Morgan fingerprint density at radius 3 is 2.53 bits per heavy atom. The van der Waals surface area contributed by atoms with Crippen molar-refractivity contribution in [2.24, 2.45) is 0 Å². The van der Waals surface area contributed by atoms with E-state index in [1.807, 2.05) is 0 Å². The molecule has 17 heavy (non-hydrogen) atoms. The average Bonchev–Trinajstić information content (AvgIpc) is 2.26. The van der Waals surface area contributed by atoms with Crippen LogP contribution in [0.1, 0.15) is 10.5 Å². The number of rotatable bonds is 3. The molecule has 0 N–H and O–H groups in total. The van der Waals surface area contributed by atoms with E-state index in [2.05, 4.69) is 9.47 Å². The van der Waals surface area contributed by atoms with Crippen LogP contribution in [0.3, 0.4) is 0 Å². The maximum absolute atomic E-state index is 11.4. The minimum absolute atomic E-state index is 0.0556. The summed E-state index contributed by atoms with van der Waals surface area (Å²) in [5, 5.41) is 21.5. The number of carbonyl (C=O) groups excluding carboxylic acids is 1. The van der Waals surface area contributed by atoms with Gasteiger partial charge in [0.1, 0.15) is 0 Å². The van der Waals surface area contributed by atoms with Crippen molar-refractivity contribution in [2.75, 3.05) is 14.2 Å². The third-order valence-corrected chi connectivity index (χ3v) is 2.24. The largest absolute Gasteiger partial charge is 0.618 e. The quantitative estimate of drug-likeness (QED) is 0.261. The maximum Gasteiger partial charge on any atom is 0.406 e. The molecular formula is C8H7ClN2O6. The van der Waals surface area contributed by atoms with Crippen LogP contribution in [0, 0.1) is 15.3 Å². The Morgan fingerprint density at radius 2 is 2.12 bits per heavy atom. The zero-order valence-electron chi connectivity index (χ0n) is 8.80. The molecule has 0 aliphatic carbocycles. The first-order valence-electron chi connectivity index (χ1n) is 4.16. The molecule has 0 bridgehead atoms. The van der Waals surface area contributed by atoms with Gasteiger partial charge in [-0.15, -0.1) is 0 Å². The molecule has 8 nitrogen and oxygen atoms in total. The van der Waals surface area contributed by atoms with Gasteiger partial charge < -0.3 is 14.7 Å². The first kappa shape index (κ1) is 13.0. The lowest BCUT2D eigenvalue weighted by Crippen LogP contribution is -2.35. The molecule has 1 aromatic heterocycles. The van der Waals surface area contributed by atoms with Gasteiger partial charge in [0.2, 0.25) is 11.2 Å². The van der Waals surface area contributed by atoms with Crippen molar-refractivity contribution in [3.05, 3.63) is 32.2 Å². The van der Waals surface area contributed by atoms with Crippen LogP contribution < -0.4 is 9.47 Å². The van der Waals surface area contributed by atoms with Crippen LogP contribution in [0.2, 0.25) is 5.02 Å². The first-order chi connectivity index (χ1) is 7.93. The summed E-state index contributed by atoms with van der Waals surface area (Å²) < 4.78 is 8.99. The van der Waals surface area contributed by atoms with Gasteiger partial charge in [-0.25, -0.2) is 4.79 Å². The van der Waals surface area contributed by atoms with E-state index in [0.717, 1.165) is 20.4 Å². The van der Waals surface area contributed by atoms with Crippen molar-refractivity contribution in [3.8, 4) is 5.75 Å². The highest BCUT2D eigenvalue weighted by molar-refractivity contribution is 6.35. The molecule has 1 aromatic rings. The summed E-state index contributed by atoms with van der Waals surface area (Å²) in [6.45, 7) is 0. The van der Waals surface area contributed by atoms with E-state index in [1.165, 1.54) is 0 Å². The van der Waals surface area contributed by atoms with Gasteiger partial charge in [0, 0.05) is 0 Å². The second kappa shape index (κ2) is 4.83. The van der Waals surface area contributed by atoms with Crippen LogP contribution in [0.15, 0.2) is 6.20 Å². The second-order valence-corrected chi connectivity index (χ2v) is 3.16. The van der Waals surface area contributed by atoms with E-state index in [4.69, 9.17) is 11.6 Å². The molecule has 0 saturated heterocycles. The molecule has 0 unspecified atom stereocenters. The first-order valence-corrected chi connectivity index (χ1v) is 4.54. The SMILES string of the molecule is COC(=O)c1c(Cl)c([N+](=O)[O-])c(OC)c[n+]1[O-]. The Hall–Kier alpha value is -2.09. The number of nitro groups is 1. The number of carbonyl (C=O) groups is 1. The summed E-state index contributed by atoms with van der Waals surface area (Å²) in [4.78, 5) is 21.1. The topological polar surface area (TPSA) is 106 Å². The molecule has 1 rings (SSSR count). The number of nitrogens with zero attached hydrogens (tertiary/aromatic N) is 2. The highest BCUT2D eigenvalue weighted by Gasteiger charge is 2.34. The third-order valence-electron chi connectivity index (χ3n) is 1.89. The molecule has 0 aromatic carbocycles. The fraction of sp³-hybridized carbons (Fsp3) is 0.250. The van der Waals surface area contributed by atoms with Crippen molar-refractivity contribution in [3.63, 3.8) is 0 Å². The second-order valence-electron chi connectivity index (χ2n) is 2.78. The summed E-state index contributed by atoms with van der Waals surface area (Å²) in [6, 6.07) is 0. The summed E-state index contributed by atoms with van der Waals surface area (Å²) in [5.74, 6) is -1.42. The van der Waals surface area contributed by atoms with Crippen molar-refractivity contribution in [2.45, 2.75) is 0 Å². The molecule has 0 saturated carbocycles. The minimum Gasteiger partial charge on any atom is -0.618 e. The Morgan fingerprint density at radius 1 is 1.53 bits per heavy atom. The molecular weight excluding hydrogens is 256 g/mol. The van der Waals surface area contributed by atoms with Crippen LogP contribution in [0.4, 0.5) is 5.69 Å². The fourth-order valence-corrected chi connectivity index (χ4v) is 1.47. The van der Waals surface area contributed by atoms with E-state index in [1.54, 1.807) is 0 Å². The number of methoxy groups -OCH3 is 2. The number of hydrogen-bond donors (Lipinski definition) is 0. The maximum atomic E-state index is 11.4. The molecule has 0 aliphatic heterocycles. The van der Waals surface area contributed by atoms with Gasteiger partial charge in [-0.1, -0.05) is 11.6 Å². The van der Waals surface area contributed by atoms with Gasteiger partial charge in [0.05, 0.1) is 19.1 Å². The number of halogens is 1. The van der Waals surface area contributed by atoms with Crippen LogP contribution >= 0.6 is 11.6 Å². The molecule has 92 valence electrons. The lowest BCUT2D eigenvalue weighted by Gasteiger charge is -2.07. The van der Waals surface area contributed by atoms with E-state index >= 15 is 0 Å². The monoisotopic (exact) mass is 262 g/mol. The average molecular weight is 263 g/mol. The van der Waals surface area contributed by atoms with Gasteiger partial charge >= 0.3 is 17.4 Å². The normalized spacial score (nSPS) is 9.82. The summed E-state index contributed by atoms with van der Waals surface area (Å²) in [5.41, 5.74) is -1.33. The summed E-state index contributed by atoms with van der Waals surface area (Å²) in [7, 11) is 2.16. The van der Waals surface area contributed by atoms with Gasteiger partial charge in [-0.05, 0) is 0 Å². The highest BCUT2D eigenvalue weighted by Crippen LogP contribution is 2.34. The Kier molecular flexibility index (Phi) is 3.69. The Bertz CT molecular complexity index is 489. The lowest BCUT2D eigenvalue weighted by molar-refractivity contribution is -0.609. The third kappa shape index (κ3) is 2.21. The molecule has 0 amide bonds. The molecule has 0 fully saturated rings. The van der Waals surface area contributed by atoms with Gasteiger partial charge in [-0.2, -0.15) is 4.73 Å². The number of hydrogen-bond acceptors (Lipinski definition) is 6. The predicted octanol–water partition coefficient (Wildman–Crippen LogP) is 0.677. The standard InChI is InChI=1S/C8H7ClN2O6/c1-16-4-3-10(13)7(8(12)17-2)5(9)6(4)11(14)15/h3H,1-2H3. The van der Waals surface area contributed by atoms with E-state index in [9.17, 15) is 20.1 Å². The van der Waals surface area contributed by atoms with E-state index in [-0.39, 0.29) is 10.5 Å². The van der Waals surface area contributed by atoms with E-state index < -0.39 is 27.3 Å². The predicted molar refractivity (Wildman–Crippen MR) is 55.0 cm³/mol. The zero-order valence-corrected chi connectivity index (χ0v) is 9.56. The van der Waals surface area contributed by atoms with Gasteiger partial charge in [0.25, 0.3) is 5.75 Å². The number of esters is 1. The Labute approximate surface area is 100 Å². The fourth-order valence-electron chi connectivity index (χ4n) is 1.15. The van der Waals surface area contributed by atoms with Gasteiger partial charge in [-0.3, -0.25) is 10.1 Å². The van der Waals surface area contributed by atoms with Crippen LogP contribution in [-0.2, 0) is 4.74 Å². The number of ether oxygens (including phenoxy) is 2. The molecule has 0 spiro atoms. The van der Waals surface area contributed by atoms with Crippen molar-refractivity contribution < 1.29 is 23.9 Å². The van der Waals surface area contributed by atoms with Crippen LogP contribution in [-0.4, -0.2) is 25.1 Å². The van der Waals surface area contributed by atoms with Crippen LogP contribution in [0.5, 0.6) is 5.75 Å². The molecule has 0 aliphatic rings.